The van der Waals surface area contributed by atoms with Crippen molar-refractivity contribution in [1.29, 1.82) is 0 Å². The van der Waals surface area contributed by atoms with Crippen LogP contribution in [-0.2, 0) is 9.47 Å². The topological polar surface area (TPSA) is 123 Å². The Morgan fingerprint density at radius 1 is 1.06 bits per heavy atom. The molecule has 1 spiro atoms. The van der Waals surface area contributed by atoms with Gasteiger partial charge in [0.05, 0.1) is 42.2 Å². The zero-order valence-corrected chi connectivity index (χ0v) is 18.6. The normalized spacial score (nSPS) is 64.1. The Labute approximate surface area is 183 Å². The van der Waals surface area contributed by atoms with Gasteiger partial charge in [0.2, 0.25) is 0 Å². The summed E-state index contributed by atoms with van der Waals surface area (Å²) in [5.74, 6) is -1.73. The second-order valence-corrected chi connectivity index (χ2v) is 11.4. The third-order valence-electron chi connectivity index (χ3n) is 11.1. The van der Waals surface area contributed by atoms with Gasteiger partial charge < -0.3 is 35.0 Å². The third-order valence-corrected chi connectivity index (χ3v) is 11.1. The first-order chi connectivity index (χ1) is 14.7. The molecule has 31 heavy (non-hydrogen) atoms. The molecule has 0 aromatic carbocycles. The van der Waals surface area contributed by atoms with Gasteiger partial charge in [-0.15, -0.1) is 0 Å². The van der Waals surface area contributed by atoms with E-state index in [1.54, 1.807) is 14.2 Å². The van der Waals surface area contributed by atoms with Crippen molar-refractivity contribution in [2.45, 2.75) is 74.3 Å². The second-order valence-electron chi connectivity index (χ2n) is 11.4. The zero-order valence-electron chi connectivity index (χ0n) is 18.6. The lowest BCUT2D eigenvalue weighted by Crippen LogP contribution is -2.81. The SMILES string of the molecule is CCN1C[C@]2(CO)CC[C@H](O)[C@@]34[C@@H]2C(OC)C([C@@H]13)[C@@]1(O)C[C@H](OC)[C@H]2C[C@]4(O)[C@@H]1[C@H]2O. The number of fused-ring (bicyclic) bond motifs is 2. The van der Waals surface area contributed by atoms with Crippen molar-refractivity contribution in [3.63, 3.8) is 0 Å². The van der Waals surface area contributed by atoms with E-state index in [9.17, 15) is 25.5 Å². The van der Waals surface area contributed by atoms with E-state index in [1.165, 1.54) is 0 Å². The molecular weight excluding hydrogens is 402 g/mol. The fourth-order valence-corrected chi connectivity index (χ4v) is 10.5. The van der Waals surface area contributed by atoms with E-state index in [-0.39, 0.29) is 42.9 Å². The standard InChI is InChI=1S/C23H37NO7/c1-4-24-9-20(10-25)6-5-13(26)23-18(20)16(31-3)14(19(23)24)21(28)8-12(30-2)11-7-22(23,29)17(21)15(11)27/h11-19,25-29H,4-10H2,1-3H3/t11-,12+,13+,14?,15+,16?,17-,18-,19-,20+,21+,22+,23-/m1/s1. The maximum absolute atomic E-state index is 12.6. The number of ether oxygens (including phenoxy) is 2. The highest BCUT2D eigenvalue weighted by atomic mass is 16.5. The largest absolute Gasteiger partial charge is 0.396 e. The number of aliphatic hydroxyl groups is 5. The van der Waals surface area contributed by atoms with Crippen molar-refractivity contribution in [2.24, 2.45) is 34.5 Å². The van der Waals surface area contributed by atoms with Crippen LogP contribution in [0.3, 0.4) is 0 Å². The summed E-state index contributed by atoms with van der Waals surface area (Å²) in [6, 6.07) is -0.282. The Balaban J connectivity index is 1.68. The Hall–Kier alpha value is -0.320. The minimum Gasteiger partial charge on any atom is -0.396 e. The number of methoxy groups -OCH3 is 2. The molecule has 5 N–H and O–H groups in total. The average Bonchev–Trinajstić information content (AvgIpc) is 3.13. The highest BCUT2D eigenvalue weighted by molar-refractivity contribution is 5.40. The Morgan fingerprint density at radius 2 is 1.81 bits per heavy atom. The van der Waals surface area contributed by atoms with Crippen molar-refractivity contribution >= 4 is 0 Å². The summed E-state index contributed by atoms with van der Waals surface area (Å²) in [6.07, 6.45) is -0.720. The number of hydrogen-bond donors (Lipinski definition) is 5. The van der Waals surface area contributed by atoms with Gasteiger partial charge in [-0.25, -0.2) is 0 Å². The van der Waals surface area contributed by atoms with Crippen molar-refractivity contribution in [2.75, 3.05) is 33.9 Å². The van der Waals surface area contributed by atoms with E-state index in [0.717, 1.165) is 0 Å². The van der Waals surface area contributed by atoms with Crippen molar-refractivity contribution < 1.29 is 35.0 Å². The lowest BCUT2D eigenvalue weighted by Gasteiger charge is -2.70. The molecule has 0 aromatic heterocycles. The van der Waals surface area contributed by atoms with Gasteiger partial charge in [-0.3, -0.25) is 4.90 Å². The monoisotopic (exact) mass is 439 g/mol. The van der Waals surface area contributed by atoms with Gasteiger partial charge in [-0.05, 0) is 25.8 Å². The number of piperidine rings is 1. The van der Waals surface area contributed by atoms with Gasteiger partial charge >= 0.3 is 0 Å². The minimum atomic E-state index is -1.47. The first-order valence-electron chi connectivity index (χ1n) is 11.9. The molecule has 7 bridgehead atoms. The molecule has 5 saturated carbocycles. The average molecular weight is 440 g/mol. The van der Waals surface area contributed by atoms with Gasteiger partial charge in [0.1, 0.15) is 0 Å². The first kappa shape index (κ1) is 21.2. The molecule has 6 fully saturated rings. The number of likely N-dealkylation sites (tertiary alicyclic amines) is 1. The van der Waals surface area contributed by atoms with E-state index in [2.05, 4.69) is 11.8 Å². The van der Waals surface area contributed by atoms with Crippen LogP contribution in [0, 0.1) is 34.5 Å². The van der Waals surface area contributed by atoms with E-state index in [4.69, 9.17) is 9.47 Å². The van der Waals surface area contributed by atoms with Crippen LogP contribution in [0.4, 0.5) is 0 Å². The number of nitrogens with zero attached hydrogens (tertiary/aromatic N) is 1. The van der Waals surface area contributed by atoms with Crippen molar-refractivity contribution in [3.8, 4) is 0 Å². The van der Waals surface area contributed by atoms with E-state index in [1.807, 2.05) is 0 Å². The van der Waals surface area contributed by atoms with Crippen LogP contribution in [0.15, 0.2) is 0 Å². The molecule has 0 radical (unpaired) electrons. The van der Waals surface area contributed by atoms with Gasteiger partial charge in [0.25, 0.3) is 0 Å². The molecule has 0 amide bonds. The summed E-state index contributed by atoms with van der Waals surface area (Å²) in [5.41, 5.74) is -4.33. The van der Waals surface area contributed by atoms with E-state index < -0.39 is 46.3 Å². The van der Waals surface area contributed by atoms with Crippen LogP contribution in [-0.4, -0.2) is 106 Å². The predicted octanol–water partition coefficient (Wildman–Crippen LogP) is -1.04. The summed E-state index contributed by atoms with van der Waals surface area (Å²) < 4.78 is 11.9. The molecule has 1 aliphatic heterocycles. The third kappa shape index (κ3) is 1.93. The van der Waals surface area contributed by atoms with Gasteiger partial charge in [-0.1, -0.05) is 6.92 Å². The Morgan fingerprint density at radius 3 is 2.42 bits per heavy atom. The molecule has 8 nitrogen and oxygen atoms in total. The molecule has 176 valence electrons. The van der Waals surface area contributed by atoms with Crippen LogP contribution in [0.1, 0.15) is 32.6 Å². The predicted molar refractivity (Wildman–Crippen MR) is 109 cm³/mol. The Bertz CT molecular complexity index is 783. The quantitative estimate of drug-likeness (QED) is 0.377. The molecule has 5 aliphatic carbocycles. The van der Waals surface area contributed by atoms with Crippen LogP contribution in [0.5, 0.6) is 0 Å². The van der Waals surface area contributed by atoms with Crippen LogP contribution < -0.4 is 0 Å². The zero-order chi connectivity index (χ0) is 22.1. The maximum Gasteiger partial charge on any atom is 0.0832 e. The molecule has 2 unspecified atom stereocenters. The summed E-state index contributed by atoms with van der Waals surface area (Å²) in [4.78, 5) is 2.27. The lowest BCUT2D eigenvalue weighted by atomic mass is 9.41. The molecule has 6 aliphatic rings. The molecule has 8 heteroatoms. The number of hydrogen-bond acceptors (Lipinski definition) is 8. The lowest BCUT2D eigenvalue weighted by molar-refractivity contribution is -0.325. The summed E-state index contributed by atoms with van der Waals surface area (Å²) >= 11 is 0. The van der Waals surface area contributed by atoms with E-state index in [0.29, 0.717) is 32.4 Å². The van der Waals surface area contributed by atoms with Crippen LogP contribution in [0.2, 0.25) is 0 Å². The fourth-order valence-electron chi connectivity index (χ4n) is 10.5. The highest BCUT2D eigenvalue weighted by Gasteiger charge is 2.90. The molecule has 1 saturated heterocycles. The smallest absolute Gasteiger partial charge is 0.0832 e. The second kappa shape index (κ2) is 6.21. The first-order valence-corrected chi connectivity index (χ1v) is 11.9. The number of rotatable bonds is 4. The molecule has 0 aromatic rings. The van der Waals surface area contributed by atoms with Gasteiger partial charge in [0, 0.05) is 67.7 Å². The highest BCUT2D eigenvalue weighted by Crippen LogP contribution is 2.80. The van der Waals surface area contributed by atoms with E-state index >= 15 is 0 Å². The van der Waals surface area contributed by atoms with Gasteiger partial charge in [-0.2, -0.15) is 0 Å². The molecule has 6 rings (SSSR count). The summed E-state index contributed by atoms with van der Waals surface area (Å²) in [6.45, 7) is 3.37. The van der Waals surface area contributed by atoms with Gasteiger partial charge in [0.15, 0.2) is 0 Å². The summed E-state index contributed by atoms with van der Waals surface area (Å²) in [7, 11) is 3.24. The maximum atomic E-state index is 12.6. The minimum absolute atomic E-state index is 0.0478. The Kier molecular flexibility index (Phi) is 4.26. The van der Waals surface area contributed by atoms with Crippen LogP contribution in [0.25, 0.3) is 0 Å². The van der Waals surface area contributed by atoms with Crippen molar-refractivity contribution in [1.82, 2.24) is 4.90 Å². The summed E-state index contributed by atoms with van der Waals surface area (Å²) in [5, 5.41) is 58.8. The van der Waals surface area contributed by atoms with Crippen molar-refractivity contribution in [3.05, 3.63) is 0 Å². The number of aliphatic hydroxyl groups excluding tert-OH is 3. The molecule has 13 atom stereocenters. The molecular formula is C23H37NO7. The molecule has 1 heterocycles. The fraction of sp³-hybridized carbons (Fsp3) is 1.00. The van der Waals surface area contributed by atoms with Crippen LogP contribution >= 0.6 is 0 Å².